The van der Waals surface area contributed by atoms with Crippen LogP contribution in [0.15, 0.2) is 48.7 Å². The maximum absolute atomic E-state index is 12.1. The van der Waals surface area contributed by atoms with Gasteiger partial charge in [0.05, 0.1) is 12.7 Å². The first kappa shape index (κ1) is 16.6. The van der Waals surface area contributed by atoms with Crippen molar-refractivity contribution in [2.24, 2.45) is 0 Å². The van der Waals surface area contributed by atoms with E-state index >= 15 is 0 Å². The Balaban J connectivity index is 1.28. The quantitative estimate of drug-likeness (QED) is 0.742. The van der Waals surface area contributed by atoms with E-state index in [2.05, 4.69) is 40.0 Å². The van der Waals surface area contributed by atoms with Crippen molar-refractivity contribution >= 4 is 16.8 Å². The molecule has 0 radical (unpaired) electrons. The van der Waals surface area contributed by atoms with Crippen molar-refractivity contribution in [1.29, 1.82) is 0 Å². The minimum absolute atomic E-state index is 0.140. The molecule has 1 aliphatic carbocycles. The van der Waals surface area contributed by atoms with Gasteiger partial charge < -0.3 is 10.6 Å². The Morgan fingerprint density at radius 2 is 1.88 bits per heavy atom. The lowest BCUT2D eigenvalue weighted by molar-refractivity contribution is 0.240. The lowest BCUT2D eigenvalue weighted by Gasteiger charge is -2.14. The number of amides is 2. The van der Waals surface area contributed by atoms with Crippen LogP contribution in [-0.4, -0.2) is 22.4 Å². The molecule has 26 heavy (non-hydrogen) atoms. The normalized spacial score (nSPS) is 13.4. The molecule has 0 saturated heterocycles. The minimum atomic E-state index is -0.140. The molecule has 3 aromatic rings. The van der Waals surface area contributed by atoms with Crippen LogP contribution in [0, 0.1) is 0 Å². The van der Waals surface area contributed by atoms with Crippen LogP contribution in [0.3, 0.4) is 0 Å². The number of nitrogens with one attached hydrogen (secondary N) is 2. The molecule has 134 valence electrons. The Hall–Kier alpha value is -2.82. The van der Waals surface area contributed by atoms with E-state index < -0.39 is 0 Å². The van der Waals surface area contributed by atoms with Crippen molar-refractivity contribution in [3.63, 3.8) is 0 Å². The predicted molar refractivity (Wildman–Crippen MR) is 103 cm³/mol. The number of hydrogen-bond acceptors (Lipinski definition) is 2. The third kappa shape index (κ3) is 3.57. The Morgan fingerprint density at radius 3 is 2.85 bits per heavy atom. The van der Waals surface area contributed by atoms with E-state index in [-0.39, 0.29) is 6.03 Å². The number of aryl methyl sites for hydroxylation is 1. The van der Waals surface area contributed by atoms with Gasteiger partial charge in [-0.1, -0.05) is 42.5 Å². The molecule has 0 aliphatic heterocycles. The Kier molecular flexibility index (Phi) is 4.86. The van der Waals surface area contributed by atoms with Gasteiger partial charge >= 0.3 is 6.03 Å². The summed E-state index contributed by atoms with van der Waals surface area (Å²) in [5.41, 5.74) is 3.84. The van der Waals surface area contributed by atoms with Crippen molar-refractivity contribution in [3.05, 3.63) is 65.5 Å². The van der Waals surface area contributed by atoms with Gasteiger partial charge in [0.2, 0.25) is 0 Å². The summed E-state index contributed by atoms with van der Waals surface area (Å²) in [6.45, 7) is 1.82. The van der Waals surface area contributed by atoms with Gasteiger partial charge in [0.25, 0.3) is 0 Å². The van der Waals surface area contributed by atoms with E-state index in [1.165, 1.54) is 34.9 Å². The molecule has 1 aromatic heterocycles. The van der Waals surface area contributed by atoms with Crippen molar-refractivity contribution < 1.29 is 4.79 Å². The molecular weight excluding hydrogens is 324 g/mol. The van der Waals surface area contributed by atoms with Gasteiger partial charge in [-0.25, -0.2) is 4.79 Å². The van der Waals surface area contributed by atoms with Gasteiger partial charge in [-0.3, -0.25) is 4.68 Å². The highest BCUT2D eigenvalue weighted by atomic mass is 16.2. The van der Waals surface area contributed by atoms with Crippen LogP contribution >= 0.6 is 0 Å². The van der Waals surface area contributed by atoms with Crippen LogP contribution in [0.2, 0.25) is 0 Å². The molecule has 0 bridgehead atoms. The summed E-state index contributed by atoms with van der Waals surface area (Å²) < 4.78 is 2.04. The Morgan fingerprint density at radius 1 is 1.04 bits per heavy atom. The molecule has 5 nitrogen and oxygen atoms in total. The van der Waals surface area contributed by atoms with E-state index in [9.17, 15) is 4.79 Å². The summed E-state index contributed by atoms with van der Waals surface area (Å²) in [6, 6.07) is 14.3. The number of nitrogens with zero attached hydrogens (tertiary/aromatic N) is 2. The number of aromatic nitrogens is 2. The lowest BCUT2D eigenvalue weighted by atomic mass is 9.98. The molecule has 2 aromatic carbocycles. The second-order valence-electron chi connectivity index (χ2n) is 6.79. The van der Waals surface area contributed by atoms with Crippen LogP contribution in [0.25, 0.3) is 10.8 Å². The molecule has 0 unspecified atom stereocenters. The van der Waals surface area contributed by atoms with E-state index in [1.807, 2.05) is 29.1 Å². The standard InChI is InChI=1S/C21H24N4O/c26-21(22-12-13-25-20-11-4-2-7-18(20)15-24-25)23-14-17-9-5-8-16-6-1-3-10-19(16)17/h1,3,5-6,8-10,15H,2,4,7,11-14H2,(H2,22,23,26). The topological polar surface area (TPSA) is 59.0 Å². The van der Waals surface area contributed by atoms with Gasteiger partial charge in [0.15, 0.2) is 0 Å². The number of fused-ring (bicyclic) bond motifs is 2. The minimum Gasteiger partial charge on any atom is -0.336 e. The zero-order valence-corrected chi connectivity index (χ0v) is 14.9. The first-order valence-electron chi connectivity index (χ1n) is 9.33. The highest BCUT2D eigenvalue weighted by Gasteiger charge is 2.14. The van der Waals surface area contributed by atoms with Gasteiger partial charge in [-0.15, -0.1) is 0 Å². The lowest BCUT2D eigenvalue weighted by Crippen LogP contribution is -2.37. The number of carbonyl (C=O) groups is 1. The SMILES string of the molecule is O=C(NCCn1ncc2c1CCCC2)NCc1cccc2ccccc12. The zero-order valence-electron chi connectivity index (χ0n) is 14.9. The predicted octanol–water partition coefficient (Wildman–Crippen LogP) is 3.41. The fraction of sp³-hybridized carbons (Fsp3) is 0.333. The largest absolute Gasteiger partial charge is 0.336 e. The maximum atomic E-state index is 12.1. The van der Waals surface area contributed by atoms with Gasteiger partial charge in [0.1, 0.15) is 0 Å². The highest BCUT2D eigenvalue weighted by molar-refractivity contribution is 5.86. The van der Waals surface area contributed by atoms with E-state index in [0.717, 1.165) is 24.9 Å². The van der Waals surface area contributed by atoms with Crippen LogP contribution < -0.4 is 10.6 Å². The molecule has 5 heteroatoms. The number of benzene rings is 2. The number of urea groups is 1. The van der Waals surface area contributed by atoms with E-state index in [4.69, 9.17) is 0 Å². The fourth-order valence-electron chi connectivity index (χ4n) is 3.71. The molecule has 0 fully saturated rings. The monoisotopic (exact) mass is 348 g/mol. The third-order valence-corrected chi connectivity index (χ3v) is 5.07. The maximum Gasteiger partial charge on any atom is 0.315 e. The van der Waals surface area contributed by atoms with Crippen LogP contribution in [-0.2, 0) is 25.9 Å². The molecule has 1 aliphatic rings. The van der Waals surface area contributed by atoms with Gasteiger partial charge in [-0.2, -0.15) is 5.10 Å². The van der Waals surface area contributed by atoms with Crippen molar-refractivity contribution in [3.8, 4) is 0 Å². The number of hydrogen-bond donors (Lipinski definition) is 2. The van der Waals surface area contributed by atoms with Crippen molar-refractivity contribution in [2.75, 3.05) is 6.54 Å². The smallest absolute Gasteiger partial charge is 0.315 e. The summed E-state index contributed by atoms with van der Waals surface area (Å²) in [7, 11) is 0. The molecular formula is C21H24N4O. The van der Waals surface area contributed by atoms with Gasteiger partial charge in [-0.05, 0) is 47.6 Å². The fourth-order valence-corrected chi connectivity index (χ4v) is 3.71. The molecule has 1 heterocycles. The van der Waals surface area contributed by atoms with Crippen molar-refractivity contribution in [2.45, 2.75) is 38.8 Å². The second-order valence-corrected chi connectivity index (χ2v) is 6.79. The van der Waals surface area contributed by atoms with E-state index in [0.29, 0.717) is 13.1 Å². The first-order valence-corrected chi connectivity index (χ1v) is 9.33. The summed E-state index contributed by atoms with van der Waals surface area (Å²) in [4.78, 5) is 12.1. The summed E-state index contributed by atoms with van der Waals surface area (Å²) >= 11 is 0. The highest BCUT2D eigenvalue weighted by Crippen LogP contribution is 2.20. The zero-order chi connectivity index (χ0) is 17.8. The first-order chi connectivity index (χ1) is 12.8. The Bertz CT molecular complexity index is 910. The number of carbonyl (C=O) groups excluding carboxylic acids is 1. The summed E-state index contributed by atoms with van der Waals surface area (Å²) in [6.07, 6.45) is 6.71. The molecule has 0 saturated carbocycles. The van der Waals surface area contributed by atoms with Crippen LogP contribution in [0.4, 0.5) is 4.79 Å². The van der Waals surface area contributed by atoms with Crippen molar-refractivity contribution in [1.82, 2.24) is 20.4 Å². The van der Waals surface area contributed by atoms with Crippen LogP contribution in [0.5, 0.6) is 0 Å². The molecule has 4 rings (SSSR count). The molecule has 0 spiro atoms. The van der Waals surface area contributed by atoms with Crippen LogP contribution in [0.1, 0.15) is 29.7 Å². The second kappa shape index (κ2) is 7.60. The average Bonchev–Trinajstić information content (AvgIpc) is 3.09. The van der Waals surface area contributed by atoms with E-state index in [1.54, 1.807) is 0 Å². The Labute approximate surface area is 153 Å². The third-order valence-electron chi connectivity index (χ3n) is 5.07. The molecule has 2 N–H and O–H groups in total. The summed E-state index contributed by atoms with van der Waals surface area (Å²) in [5, 5.41) is 12.7. The average molecular weight is 348 g/mol. The summed E-state index contributed by atoms with van der Waals surface area (Å²) in [5.74, 6) is 0. The molecule has 0 atom stereocenters. The number of rotatable bonds is 5. The van der Waals surface area contributed by atoms with Gasteiger partial charge in [0, 0.05) is 18.8 Å². The molecule has 2 amide bonds.